The van der Waals surface area contributed by atoms with Crippen LogP contribution in [0.15, 0.2) is 59.7 Å². The molecule has 0 aromatic heterocycles. The molecule has 0 atom stereocenters. The highest BCUT2D eigenvalue weighted by Gasteiger charge is 2.01. The van der Waals surface area contributed by atoms with Gasteiger partial charge in [0, 0.05) is 28.8 Å². The Labute approximate surface area is 133 Å². The predicted molar refractivity (Wildman–Crippen MR) is 89.4 cm³/mol. The first-order valence-electron chi connectivity index (χ1n) is 6.84. The minimum absolute atomic E-state index is 0.132. The SMILES string of the molecule is CC(=O)Nc1ccc(/C=C/C(=O)c2ccc(N=[N+]=[N-])cc2)cc1. The van der Waals surface area contributed by atoms with Crippen molar-refractivity contribution in [1.82, 2.24) is 0 Å². The van der Waals surface area contributed by atoms with E-state index in [0.717, 1.165) is 5.56 Å². The topological polar surface area (TPSA) is 94.9 Å². The van der Waals surface area contributed by atoms with E-state index in [1.807, 2.05) is 0 Å². The maximum atomic E-state index is 12.1. The molecule has 23 heavy (non-hydrogen) atoms. The van der Waals surface area contributed by atoms with E-state index in [1.165, 1.54) is 13.0 Å². The number of anilines is 1. The van der Waals surface area contributed by atoms with Gasteiger partial charge in [-0.05, 0) is 29.3 Å². The van der Waals surface area contributed by atoms with Crippen LogP contribution < -0.4 is 5.32 Å². The summed E-state index contributed by atoms with van der Waals surface area (Å²) in [6.45, 7) is 1.44. The molecule has 0 spiro atoms. The van der Waals surface area contributed by atoms with Crippen molar-refractivity contribution in [3.8, 4) is 0 Å². The Hall–Kier alpha value is -3.37. The monoisotopic (exact) mass is 306 g/mol. The molecule has 0 fully saturated rings. The molecule has 0 aliphatic carbocycles. The van der Waals surface area contributed by atoms with Gasteiger partial charge in [0.25, 0.3) is 0 Å². The number of carbonyl (C=O) groups excluding carboxylic acids is 2. The number of hydrogen-bond acceptors (Lipinski definition) is 3. The van der Waals surface area contributed by atoms with Crippen LogP contribution >= 0.6 is 0 Å². The molecular formula is C17H14N4O2. The Morgan fingerprint density at radius 2 is 1.74 bits per heavy atom. The molecule has 0 saturated heterocycles. The van der Waals surface area contributed by atoms with Gasteiger partial charge >= 0.3 is 0 Å². The zero-order valence-corrected chi connectivity index (χ0v) is 12.4. The Kier molecular flexibility index (Phi) is 5.28. The van der Waals surface area contributed by atoms with E-state index in [0.29, 0.717) is 16.9 Å². The molecule has 0 bridgehead atoms. The van der Waals surface area contributed by atoms with Gasteiger partial charge in [-0.25, -0.2) is 0 Å². The summed E-state index contributed by atoms with van der Waals surface area (Å²) in [6.07, 6.45) is 3.16. The first-order chi connectivity index (χ1) is 11.1. The second kappa shape index (κ2) is 7.59. The largest absolute Gasteiger partial charge is 0.326 e. The lowest BCUT2D eigenvalue weighted by atomic mass is 10.1. The van der Waals surface area contributed by atoms with Crippen LogP contribution in [0.25, 0.3) is 16.5 Å². The van der Waals surface area contributed by atoms with Gasteiger partial charge in [-0.2, -0.15) is 0 Å². The molecular weight excluding hydrogens is 292 g/mol. The summed E-state index contributed by atoms with van der Waals surface area (Å²) in [7, 11) is 0. The van der Waals surface area contributed by atoms with Crippen LogP contribution in [0.3, 0.4) is 0 Å². The zero-order valence-electron chi connectivity index (χ0n) is 12.4. The summed E-state index contributed by atoms with van der Waals surface area (Å²) < 4.78 is 0. The lowest BCUT2D eigenvalue weighted by molar-refractivity contribution is -0.114. The van der Waals surface area contributed by atoms with E-state index in [9.17, 15) is 9.59 Å². The third-order valence-electron chi connectivity index (χ3n) is 2.97. The maximum absolute atomic E-state index is 12.1. The van der Waals surface area contributed by atoms with Crippen LogP contribution in [0.5, 0.6) is 0 Å². The summed E-state index contributed by atoms with van der Waals surface area (Å²) in [4.78, 5) is 25.7. The molecule has 0 aliphatic heterocycles. The molecule has 0 saturated carbocycles. The van der Waals surface area contributed by atoms with Gasteiger partial charge in [-0.15, -0.1) is 0 Å². The number of allylic oxidation sites excluding steroid dienone is 1. The Bertz CT molecular complexity index is 786. The first kappa shape index (κ1) is 16.0. The molecule has 6 nitrogen and oxygen atoms in total. The number of azide groups is 1. The molecule has 2 aromatic carbocycles. The lowest BCUT2D eigenvalue weighted by Gasteiger charge is -2.01. The lowest BCUT2D eigenvalue weighted by Crippen LogP contribution is -2.05. The van der Waals surface area contributed by atoms with Crippen molar-refractivity contribution >= 4 is 29.1 Å². The second-order valence-electron chi connectivity index (χ2n) is 4.74. The third kappa shape index (κ3) is 4.84. The fourth-order valence-corrected chi connectivity index (χ4v) is 1.89. The standard InChI is InChI=1S/C17H14N4O2/c1-12(22)19-15-7-2-13(3-8-15)4-11-17(23)14-5-9-16(10-6-14)20-21-18/h2-11H,1H3,(H,19,22)/b11-4+. The van der Waals surface area contributed by atoms with Gasteiger partial charge < -0.3 is 5.32 Å². The maximum Gasteiger partial charge on any atom is 0.221 e. The minimum atomic E-state index is -0.150. The Balaban J connectivity index is 2.05. The van der Waals surface area contributed by atoms with Crippen molar-refractivity contribution in [3.05, 3.63) is 76.2 Å². The van der Waals surface area contributed by atoms with Crippen LogP contribution in [0.1, 0.15) is 22.8 Å². The molecule has 1 amide bonds. The van der Waals surface area contributed by atoms with Crippen LogP contribution in [0.2, 0.25) is 0 Å². The molecule has 0 aliphatic rings. The highest BCUT2D eigenvalue weighted by molar-refractivity contribution is 6.07. The first-order valence-corrected chi connectivity index (χ1v) is 6.84. The van der Waals surface area contributed by atoms with E-state index in [4.69, 9.17) is 5.53 Å². The second-order valence-corrected chi connectivity index (χ2v) is 4.74. The van der Waals surface area contributed by atoms with Crippen molar-refractivity contribution in [1.29, 1.82) is 0 Å². The number of nitrogens with zero attached hydrogens (tertiary/aromatic N) is 3. The molecule has 1 N–H and O–H groups in total. The predicted octanol–water partition coefficient (Wildman–Crippen LogP) is 4.48. The van der Waals surface area contributed by atoms with Gasteiger partial charge in [0.2, 0.25) is 5.91 Å². The number of amides is 1. The van der Waals surface area contributed by atoms with Crippen molar-refractivity contribution in [2.45, 2.75) is 6.92 Å². The van der Waals surface area contributed by atoms with Gasteiger partial charge in [0.1, 0.15) is 0 Å². The van der Waals surface area contributed by atoms with E-state index in [1.54, 1.807) is 54.6 Å². The smallest absolute Gasteiger partial charge is 0.221 e. The molecule has 2 aromatic rings. The molecule has 0 unspecified atom stereocenters. The van der Waals surface area contributed by atoms with Gasteiger partial charge in [0.15, 0.2) is 5.78 Å². The Morgan fingerprint density at radius 1 is 1.09 bits per heavy atom. The number of benzene rings is 2. The summed E-state index contributed by atoms with van der Waals surface area (Å²) in [5, 5.41) is 6.12. The van der Waals surface area contributed by atoms with Crippen LogP contribution in [0.4, 0.5) is 11.4 Å². The van der Waals surface area contributed by atoms with Crippen molar-refractivity contribution in [2.75, 3.05) is 5.32 Å². The highest BCUT2D eigenvalue weighted by Crippen LogP contribution is 2.15. The van der Waals surface area contributed by atoms with E-state index < -0.39 is 0 Å². The van der Waals surface area contributed by atoms with Crippen molar-refractivity contribution in [3.63, 3.8) is 0 Å². The fourth-order valence-electron chi connectivity index (χ4n) is 1.89. The molecule has 6 heteroatoms. The average Bonchev–Trinajstić information content (AvgIpc) is 2.54. The molecule has 0 heterocycles. The number of hydrogen-bond donors (Lipinski definition) is 1. The summed E-state index contributed by atoms with van der Waals surface area (Å²) >= 11 is 0. The quantitative estimate of drug-likeness (QED) is 0.290. The molecule has 2 rings (SSSR count). The van der Waals surface area contributed by atoms with Gasteiger partial charge in [-0.1, -0.05) is 47.6 Å². The highest BCUT2D eigenvalue weighted by atomic mass is 16.1. The van der Waals surface area contributed by atoms with Crippen LogP contribution in [-0.2, 0) is 4.79 Å². The summed E-state index contributed by atoms with van der Waals surface area (Å²) in [5.74, 6) is -0.281. The number of carbonyl (C=O) groups is 2. The van der Waals surface area contributed by atoms with E-state index in [2.05, 4.69) is 15.3 Å². The third-order valence-corrected chi connectivity index (χ3v) is 2.97. The summed E-state index contributed by atoms with van der Waals surface area (Å²) in [6, 6.07) is 13.5. The summed E-state index contributed by atoms with van der Waals surface area (Å²) in [5.41, 5.74) is 10.8. The zero-order chi connectivity index (χ0) is 16.7. The van der Waals surface area contributed by atoms with Gasteiger partial charge in [0.05, 0.1) is 0 Å². The molecule has 0 radical (unpaired) electrons. The number of rotatable bonds is 5. The fraction of sp³-hybridized carbons (Fsp3) is 0.0588. The van der Waals surface area contributed by atoms with E-state index in [-0.39, 0.29) is 11.7 Å². The molecule has 114 valence electrons. The number of nitrogens with one attached hydrogen (secondary N) is 1. The normalized spacial score (nSPS) is 10.1. The Morgan fingerprint density at radius 3 is 2.30 bits per heavy atom. The van der Waals surface area contributed by atoms with Crippen LogP contribution in [-0.4, -0.2) is 11.7 Å². The van der Waals surface area contributed by atoms with Crippen molar-refractivity contribution in [2.24, 2.45) is 5.11 Å². The average molecular weight is 306 g/mol. The number of ketones is 1. The minimum Gasteiger partial charge on any atom is -0.326 e. The van der Waals surface area contributed by atoms with E-state index >= 15 is 0 Å². The van der Waals surface area contributed by atoms with Crippen molar-refractivity contribution < 1.29 is 9.59 Å². The van der Waals surface area contributed by atoms with Gasteiger partial charge in [-0.3, -0.25) is 9.59 Å². The van der Waals surface area contributed by atoms with Crippen LogP contribution in [0, 0.1) is 0 Å².